The minimum Gasteiger partial charge on any atom is -0.477 e. The molecule has 3 rings (SSSR count). The molecule has 0 unspecified atom stereocenters. The zero-order valence-corrected chi connectivity index (χ0v) is 16.9. The van der Waals surface area contributed by atoms with Crippen LogP contribution in [0.15, 0.2) is 48.5 Å². The van der Waals surface area contributed by atoms with Crippen LogP contribution in [0.4, 0.5) is 11.4 Å². The van der Waals surface area contributed by atoms with E-state index in [-0.39, 0.29) is 23.4 Å². The maximum Gasteiger partial charge on any atom is 0.310 e. The van der Waals surface area contributed by atoms with Crippen LogP contribution in [0.3, 0.4) is 0 Å². The zero-order chi connectivity index (χ0) is 21.5. The number of hydrogen-bond donors (Lipinski definition) is 1. The van der Waals surface area contributed by atoms with E-state index in [4.69, 9.17) is 4.74 Å². The van der Waals surface area contributed by atoms with Crippen molar-refractivity contribution in [2.45, 2.75) is 38.1 Å². The molecule has 1 N–H and O–H groups in total. The minimum atomic E-state index is -0.567. The fourth-order valence-electron chi connectivity index (χ4n) is 3.66. The molecule has 2 amide bonds. The maximum atomic E-state index is 13.0. The summed E-state index contributed by atoms with van der Waals surface area (Å²) in [6, 6.07) is 12.9. The van der Waals surface area contributed by atoms with Crippen LogP contribution in [-0.2, 0) is 4.79 Å². The molecular formula is C22H25N3O5. The van der Waals surface area contributed by atoms with Gasteiger partial charge in [-0.2, -0.15) is 0 Å². The molecule has 0 saturated heterocycles. The van der Waals surface area contributed by atoms with E-state index in [1.807, 2.05) is 0 Å². The molecule has 30 heavy (non-hydrogen) atoms. The van der Waals surface area contributed by atoms with Crippen molar-refractivity contribution < 1.29 is 19.2 Å². The second-order valence-electron chi connectivity index (χ2n) is 7.32. The third-order valence-electron chi connectivity index (χ3n) is 5.30. The molecule has 0 spiro atoms. The van der Waals surface area contributed by atoms with Gasteiger partial charge in [-0.05, 0) is 31.0 Å². The minimum absolute atomic E-state index is 0.0130. The number of nitro groups is 1. The van der Waals surface area contributed by atoms with Crippen LogP contribution in [0.25, 0.3) is 0 Å². The molecule has 8 heteroatoms. The number of rotatable bonds is 7. The highest BCUT2D eigenvalue weighted by molar-refractivity contribution is 6.04. The number of hydrogen-bond acceptors (Lipinski definition) is 5. The molecule has 0 heterocycles. The third-order valence-corrected chi connectivity index (χ3v) is 5.30. The lowest BCUT2D eigenvalue weighted by molar-refractivity contribution is -0.385. The number of carbonyl (C=O) groups excluding carboxylic acids is 2. The summed E-state index contributed by atoms with van der Waals surface area (Å²) in [5.74, 6) is -0.634. The summed E-state index contributed by atoms with van der Waals surface area (Å²) < 4.78 is 5.33. The van der Waals surface area contributed by atoms with E-state index in [9.17, 15) is 19.7 Å². The van der Waals surface area contributed by atoms with Crippen molar-refractivity contribution in [2.75, 3.05) is 19.0 Å². The van der Waals surface area contributed by atoms with Gasteiger partial charge in [-0.25, -0.2) is 0 Å². The van der Waals surface area contributed by atoms with Gasteiger partial charge >= 0.3 is 5.69 Å². The van der Waals surface area contributed by atoms with Crippen molar-refractivity contribution in [1.29, 1.82) is 0 Å². The van der Waals surface area contributed by atoms with Gasteiger partial charge < -0.3 is 15.0 Å². The molecule has 158 valence electrons. The molecule has 2 aromatic rings. The summed E-state index contributed by atoms with van der Waals surface area (Å²) in [4.78, 5) is 37.6. The highest BCUT2D eigenvalue weighted by Gasteiger charge is 2.25. The fraction of sp³-hybridized carbons (Fsp3) is 0.364. The Labute approximate surface area is 175 Å². The number of nitro benzene ring substituents is 1. The van der Waals surface area contributed by atoms with E-state index in [0.29, 0.717) is 11.3 Å². The first-order valence-corrected chi connectivity index (χ1v) is 9.99. The van der Waals surface area contributed by atoms with Crippen LogP contribution in [-0.4, -0.2) is 41.3 Å². The van der Waals surface area contributed by atoms with Crippen LogP contribution in [0.5, 0.6) is 5.75 Å². The quantitative estimate of drug-likeness (QED) is 0.548. The second-order valence-corrected chi connectivity index (χ2v) is 7.32. The van der Waals surface area contributed by atoms with Gasteiger partial charge in [0.05, 0.1) is 16.2 Å². The third kappa shape index (κ3) is 5.14. The Morgan fingerprint density at radius 1 is 1.10 bits per heavy atom. The first kappa shape index (κ1) is 21.3. The van der Waals surface area contributed by atoms with Gasteiger partial charge in [0.25, 0.3) is 11.8 Å². The Balaban J connectivity index is 1.66. The average molecular weight is 411 g/mol. The summed E-state index contributed by atoms with van der Waals surface area (Å²) in [6.07, 6.45) is 5.40. The standard InChI is InChI=1S/C22H25N3O5/c1-24(16-9-3-2-4-10-16)22(27)17-11-5-6-12-18(17)23-21(26)15-30-20-14-8-7-13-19(20)25(28)29/h5-8,11-14,16H,2-4,9-10,15H2,1H3,(H,23,26). The van der Waals surface area contributed by atoms with Crippen LogP contribution in [0.1, 0.15) is 42.5 Å². The normalized spacial score (nSPS) is 14.0. The van der Waals surface area contributed by atoms with Crippen LogP contribution in [0.2, 0.25) is 0 Å². The van der Waals surface area contributed by atoms with Crippen molar-refractivity contribution in [2.24, 2.45) is 0 Å². The summed E-state index contributed by atoms with van der Waals surface area (Å²) in [5.41, 5.74) is 0.584. The Bertz CT molecular complexity index is 924. The van der Waals surface area contributed by atoms with E-state index >= 15 is 0 Å². The van der Waals surface area contributed by atoms with Crippen molar-refractivity contribution in [3.63, 3.8) is 0 Å². The molecule has 1 saturated carbocycles. The monoisotopic (exact) mass is 411 g/mol. The number of carbonyl (C=O) groups is 2. The predicted molar refractivity (Wildman–Crippen MR) is 113 cm³/mol. The second kappa shape index (κ2) is 9.87. The average Bonchev–Trinajstić information content (AvgIpc) is 2.78. The molecule has 1 aliphatic rings. The fourth-order valence-corrected chi connectivity index (χ4v) is 3.66. The highest BCUT2D eigenvalue weighted by Crippen LogP contribution is 2.27. The summed E-state index contributed by atoms with van der Waals surface area (Å²) in [6.45, 7) is -0.411. The highest BCUT2D eigenvalue weighted by atomic mass is 16.6. The predicted octanol–water partition coefficient (Wildman–Crippen LogP) is 4.02. The number of amides is 2. The molecule has 1 aliphatic carbocycles. The molecule has 1 fully saturated rings. The van der Waals surface area contributed by atoms with Gasteiger partial charge in [-0.15, -0.1) is 0 Å². The molecule has 0 aromatic heterocycles. The van der Waals surface area contributed by atoms with Gasteiger partial charge in [-0.1, -0.05) is 43.5 Å². The topological polar surface area (TPSA) is 102 Å². The van der Waals surface area contributed by atoms with Crippen LogP contribution < -0.4 is 10.1 Å². The number of benzene rings is 2. The largest absolute Gasteiger partial charge is 0.477 e. The molecule has 8 nitrogen and oxygen atoms in total. The van der Waals surface area contributed by atoms with Gasteiger partial charge in [0.2, 0.25) is 0 Å². The van der Waals surface area contributed by atoms with E-state index < -0.39 is 17.4 Å². The Morgan fingerprint density at radius 3 is 2.50 bits per heavy atom. The van der Waals surface area contributed by atoms with Crippen molar-refractivity contribution in [1.82, 2.24) is 4.90 Å². The van der Waals surface area contributed by atoms with Crippen LogP contribution >= 0.6 is 0 Å². The zero-order valence-electron chi connectivity index (χ0n) is 16.9. The Morgan fingerprint density at radius 2 is 1.77 bits per heavy atom. The van der Waals surface area contributed by atoms with E-state index in [1.54, 1.807) is 42.3 Å². The first-order chi connectivity index (χ1) is 14.5. The molecule has 2 aromatic carbocycles. The smallest absolute Gasteiger partial charge is 0.310 e. The lowest BCUT2D eigenvalue weighted by Gasteiger charge is -2.31. The molecule has 0 aliphatic heterocycles. The lowest BCUT2D eigenvalue weighted by Crippen LogP contribution is -2.38. The van der Waals surface area contributed by atoms with E-state index in [1.165, 1.54) is 24.6 Å². The number of para-hydroxylation sites is 3. The number of nitrogens with one attached hydrogen (secondary N) is 1. The van der Waals surface area contributed by atoms with E-state index in [2.05, 4.69) is 5.32 Å². The van der Waals surface area contributed by atoms with Gasteiger partial charge in [0.1, 0.15) is 0 Å². The Kier molecular flexibility index (Phi) is 7.00. The van der Waals surface area contributed by atoms with Crippen molar-refractivity contribution >= 4 is 23.2 Å². The summed E-state index contributed by atoms with van der Waals surface area (Å²) in [5, 5.41) is 13.7. The maximum absolute atomic E-state index is 13.0. The summed E-state index contributed by atoms with van der Waals surface area (Å²) >= 11 is 0. The molecule has 0 bridgehead atoms. The first-order valence-electron chi connectivity index (χ1n) is 9.99. The SMILES string of the molecule is CN(C(=O)c1ccccc1NC(=O)COc1ccccc1[N+](=O)[O-])C1CCCCC1. The van der Waals surface area contributed by atoms with Crippen molar-refractivity contribution in [3.8, 4) is 5.75 Å². The lowest BCUT2D eigenvalue weighted by atomic mass is 9.94. The Hall–Kier alpha value is -3.42. The van der Waals surface area contributed by atoms with Gasteiger partial charge in [0, 0.05) is 19.2 Å². The number of ether oxygens (including phenoxy) is 1. The molecular weight excluding hydrogens is 386 g/mol. The summed E-state index contributed by atoms with van der Waals surface area (Å²) in [7, 11) is 1.80. The molecule has 0 radical (unpaired) electrons. The number of anilines is 1. The molecule has 0 atom stereocenters. The van der Waals surface area contributed by atoms with Crippen LogP contribution in [0, 0.1) is 10.1 Å². The van der Waals surface area contributed by atoms with Gasteiger partial charge in [-0.3, -0.25) is 19.7 Å². The number of nitrogens with zero attached hydrogens (tertiary/aromatic N) is 2. The van der Waals surface area contributed by atoms with Gasteiger partial charge in [0.15, 0.2) is 12.4 Å². The van der Waals surface area contributed by atoms with E-state index in [0.717, 1.165) is 25.7 Å². The van der Waals surface area contributed by atoms with Crippen molar-refractivity contribution in [3.05, 3.63) is 64.2 Å².